The predicted octanol–water partition coefficient (Wildman–Crippen LogP) is 3.50. The maximum Gasteiger partial charge on any atom is 0.270 e. The first-order chi connectivity index (χ1) is 14.8. The summed E-state index contributed by atoms with van der Waals surface area (Å²) in [4.78, 5) is 29.6. The molecule has 0 saturated heterocycles. The van der Waals surface area contributed by atoms with Crippen LogP contribution in [0.15, 0.2) is 53.6 Å². The molecular weight excluding hydrogens is 414 g/mol. The third kappa shape index (κ3) is 4.69. The Labute approximate surface area is 181 Å². The zero-order chi connectivity index (χ0) is 22.0. The van der Waals surface area contributed by atoms with Crippen LogP contribution in [0.2, 0.25) is 0 Å². The molecule has 1 aliphatic rings. The Balaban J connectivity index is 1.54. The van der Waals surface area contributed by atoms with Gasteiger partial charge in [0, 0.05) is 18.1 Å². The molecule has 0 unspecified atom stereocenters. The fourth-order valence-electron chi connectivity index (χ4n) is 4.05. The van der Waals surface area contributed by atoms with Crippen molar-refractivity contribution in [3.63, 3.8) is 0 Å². The minimum absolute atomic E-state index is 0.0547. The van der Waals surface area contributed by atoms with Crippen LogP contribution in [-0.2, 0) is 15.6 Å². The molecule has 0 spiro atoms. The highest BCUT2D eigenvalue weighted by molar-refractivity contribution is 7.91. The minimum Gasteiger partial charge on any atom is -0.322 e. The van der Waals surface area contributed by atoms with Crippen LogP contribution in [0.4, 0.5) is 5.69 Å². The van der Waals surface area contributed by atoms with Crippen LogP contribution >= 0.6 is 0 Å². The molecule has 2 aromatic heterocycles. The number of carbonyl (C=O) groups excluding carboxylic acids is 1. The van der Waals surface area contributed by atoms with E-state index in [4.69, 9.17) is 0 Å². The van der Waals surface area contributed by atoms with Crippen LogP contribution in [0.5, 0.6) is 0 Å². The molecule has 0 aliphatic heterocycles. The van der Waals surface area contributed by atoms with Crippen molar-refractivity contribution in [1.82, 2.24) is 9.38 Å². The van der Waals surface area contributed by atoms with Crippen LogP contribution in [0, 0.1) is 6.92 Å². The first kappa shape index (κ1) is 21.2. The van der Waals surface area contributed by atoms with Crippen molar-refractivity contribution in [2.24, 2.45) is 0 Å². The van der Waals surface area contributed by atoms with Gasteiger partial charge in [0.05, 0.1) is 11.0 Å². The van der Waals surface area contributed by atoms with Crippen LogP contribution in [0.25, 0.3) is 5.65 Å². The molecule has 1 amide bonds. The lowest BCUT2D eigenvalue weighted by molar-refractivity contribution is 0.102. The van der Waals surface area contributed by atoms with Crippen LogP contribution < -0.4 is 10.9 Å². The Morgan fingerprint density at radius 3 is 2.71 bits per heavy atom. The number of pyridine rings is 1. The number of aromatic nitrogens is 2. The average Bonchev–Trinajstić information content (AvgIpc) is 2.75. The van der Waals surface area contributed by atoms with Crippen molar-refractivity contribution in [2.45, 2.75) is 50.0 Å². The number of fused-ring (bicyclic) bond motifs is 1. The van der Waals surface area contributed by atoms with Gasteiger partial charge in [-0.05, 0) is 49.1 Å². The molecule has 3 aromatic rings. The molecule has 7 nitrogen and oxygen atoms in total. The standard InChI is InChI=1S/C23H25N3O4S/c1-16-10-11-21-24-13-20(23(28)26(21)14-16)22(27)25-18-7-5-6-17(12-18)15-31(29,30)19-8-3-2-4-9-19/h5-7,10-14,19H,2-4,8-9,15H2,1H3,(H,25,27). The lowest BCUT2D eigenvalue weighted by Crippen LogP contribution is -2.27. The number of hydrogen-bond acceptors (Lipinski definition) is 5. The zero-order valence-corrected chi connectivity index (χ0v) is 18.2. The van der Waals surface area contributed by atoms with E-state index < -0.39 is 21.3 Å². The highest BCUT2D eigenvalue weighted by Gasteiger charge is 2.27. The van der Waals surface area contributed by atoms with Crippen molar-refractivity contribution < 1.29 is 13.2 Å². The van der Waals surface area contributed by atoms with Gasteiger partial charge in [-0.25, -0.2) is 13.4 Å². The van der Waals surface area contributed by atoms with E-state index in [0.717, 1.165) is 37.7 Å². The van der Waals surface area contributed by atoms with E-state index in [-0.39, 0.29) is 16.6 Å². The van der Waals surface area contributed by atoms with Gasteiger partial charge in [-0.3, -0.25) is 14.0 Å². The summed E-state index contributed by atoms with van der Waals surface area (Å²) in [5, 5.41) is 2.41. The Hall–Kier alpha value is -3.00. The number of nitrogens with zero attached hydrogens (tertiary/aromatic N) is 2. The van der Waals surface area contributed by atoms with Gasteiger partial charge >= 0.3 is 0 Å². The molecule has 1 aromatic carbocycles. The van der Waals surface area contributed by atoms with E-state index in [2.05, 4.69) is 10.3 Å². The first-order valence-electron chi connectivity index (χ1n) is 10.4. The third-order valence-corrected chi connectivity index (χ3v) is 7.93. The second-order valence-electron chi connectivity index (χ2n) is 8.13. The van der Waals surface area contributed by atoms with E-state index >= 15 is 0 Å². The average molecular weight is 440 g/mol. The van der Waals surface area contributed by atoms with Crippen molar-refractivity contribution in [3.05, 3.63) is 75.8 Å². The molecular formula is C23H25N3O4S. The van der Waals surface area contributed by atoms with E-state index in [9.17, 15) is 18.0 Å². The highest BCUT2D eigenvalue weighted by Crippen LogP contribution is 2.26. The topological polar surface area (TPSA) is 97.6 Å². The van der Waals surface area contributed by atoms with Crippen LogP contribution in [0.3, 0.4) is 0 Å². The molecule has 1 aliphatic carbocycles. The summed E-state index contributed by atoms with van der Waals surface area (Å²) >= 11 is 0. The molecule has 1 saturated carbocycles. The Morgan fingerprint density at radius 2 is 1.94 bits per heavy atom. The van der Waals surface area contributed by atoms with Crippen molar-refractivity contribution in [2.75, 3.05) is 5.32 Å². The fraction of sp³-hybridized carbons (Fsp3) is 0.348. The van der Waals surface area contributed by atoms with Gasteiger partial charge in [0.1, 0.15) is 11.2 Å². The maximum atomic E-state index is 12.8. The van der Waals surface area contributed by atoms with Gasteiger partial charge in [-0.15, -0.1) is 0 Å². The summed E-state index contributed by atoms with van der Waals surface area (Å²) in [5.74, 6) is -0.637. The van der Waals surface area contributed by atoms with Gasteiger partial charge in [0.15, 0.2) is 9.84 Å². The SMILES string of the molecule is Cc1ccc2ncc(C(=O)Nc3cccc(CS(=O)(=O)C4CCCCC4)c3)c(=O)n2c1. The maximum absolute atomic E-state index is 12.8. The first-order valence-corrected chi connectivity index (χ1v) is 12.1. The van der Waals surface area contributed by atoms with Gasteiger partial charge in [-0.2, -0.15) is 0 Å². The van der Waals surface area contributed by atoms with Gasteiger partial charge in [0.2, 0.25) is 0 Å². The fourth-order valence-corrected chi connectivity index (χ4v) is 5.98. The second kappa shape index (κ2) is 8.63. The summed E-state index contributed by atoms with van der Waals surface area (Å²) < 4.78 is 26.9. The molecule has 1 N–H and O–H groups in total. The molecule has 0 atom stereocenters. The monoisotopic (exact) mass is 439 g/mol. The number of nitrogens with one attached hydrogen (secondary N) is 1. The molecule has 4 rings (SSSR count). The zero-order valence-electron chi connectivity index (χ0n) is 17.4. The smallest absolute Gasteiger partial charge is 0.270 e. The molecule has 1 fully saturated rings. The second-order valence-corrected chi connectivity index (χ2v) is 10.4. The minimum atomic E-state index is -3.24. The Morgan fingerprint density at radius 1 is 1.16 bits per heavy atom. The highest BCUT2D eigenvalue weighted by atomic mass is 32.2. The molecule has 0 bridgehead atoms. The Kier molecular flexibility index (Phi) is 5.91. The van der Waals surface area contributed by atoms with Crippen molar-refractivity contribution >= 4 is 27.1 Å². The van der Waals surface area contributed by atoms with Crippen molar-refractivity contribution in [3.8, 4) is 0 Å². The van der Waals surface area contributed by atoms with Gasteiger partial charge in [-0.1, -0.05) is 37.5 Å². The molecule has 31 heavy (non-hydrogen) atoms. The summed E-state index contributed by atoms with van der Waals surface area (Å²) in [6.07, 6.45) is 7.34. The van der Waals surface area contributed by atoms with E-state index in [1.54, 1.807) is 36.5 Å². The number of amides is 1. The summed E-state index contributed by atoms with van der Waals surface area (Å²) in [6, 6.07) is 10.3. The van der Waals surface area contributed by atoms with E-state index in [0.29, 0.717) is 16.9 Å². The van der Waals surface area contributed by atoms with E-state index in [1.807, 2.05) is 13.0 Å². The summed E-state index contributed by atoms with van der Waals surface area (Å²) in [6.45, 7) is 1.85. The predicted molar refractivity (Wildman–Crippen MR) is 120 cm³/mol. The van der Waals surface area contributed by atoms with Crippen LogP contribution in [0.1, 0.15) is 53.6 Å². The number of benzene rings is 1. The van der Waals surface area contributed by atoms with Crippen LogP contribution in [-0.4, -0.2) is 29.0 Å². The van der Waals surface area contributed by atoms with E-state index in [1.165, 1.54) is 10.6 Å². The Bertz CT molecular complexity index is 1290. The molecule has 162 valence electrons. The number of sulfone groups is 1. The molecule has 8 heteroatoms. The van der Waals surface area contributed by atoms with Gasteiger partial charge < -0.3 is 5.32 Å². The normalized spacial score (nSPS) is 15.1. The summed E-state index contributed by atoms with van der Waals surface area (Å²) in [5.41, 5.74) is 1.86. The summed E-state index contributed by atoms with van der Waals surface area (Å²) in [7, 11) is -3.24. The number of rotatable bonds is 5. The largest absolute Gasteiger partial charge is 0.322 e. The number of aryl methyl sites for hydroxylation is 1. The van der Waals surface area contributed by atoms with Crippen molar-refractivity contribution in [1.29, 1.82) is 0 Å². The number of carbonyl (C=O) groups is 1. The van der Waals surface area contributed by atoms with Gasteiger partial charge in [0.25, 0.3) is 11.5 Å². The number of anilines is 1. The number of hydrogen-bond donors (Lipinski definition) is 1. The third-order valence-electron chi connectivity index (χ3n) is 5.71. The molecule has 0 radical (unpaired) electrons. The molecule has 2 heterocycles. The lowest BCUT2D eigenvalue weighted by atomic mass is 10.0. The quantitative estimate of drug-likeness (QED) is 0.656. The lowest BCUT2D eigenvalue weighted by Gasteiger charge is -2.21.